The van der Waals surface area contributed by atoms with E-state index in [1.165, 1.54) is 123 Å². The molecule has 0 radical (unpaired) electrons. The first-order chi connectivity index (χ1) is 37.0. The van der Waals surface area contributed by atoms with Gasteiger partial charge in [0.25, 0.3) is 6.71 Å². The Kier molecular flexibility index (Phi) is 10.7. The highest BCUT2D eigenvalue weighted by Crippen LogP contribution is 2.57. The third-order valence-corrected chi connectivity index (χ3v) is 22.5. The van der Waals surface area contributed by atoms with Gasteiger partial charge in [0.05, 0.1) is 3.42 Å². The van der Waals surface area contributed by atoms with Gasteiger partial charge in [0.2, 0.25) is 5.88 Å². The van der Waals surface area contributed by atoms with Crippen LogP contribution in [0.4, 0.5) is 34.3 Å². The molecule has 0 bridgehead atoms. The molecule has 0 fully saturated rings. The minimum atomic E-state index is -0.120. The lowest BCUT2D eigenvalue weighted by Crippen LogP contribution is -2.61. The zero-order valence-electron chi connectivity index (χ0n) is 50.0. The first-order valence-electron chi connectivity index (χ1n) is 29.8. The molecule has 0 saturated carbocycles. The van der Waals surface area contributed by atoms with Gasteiger partial charge in [-0.05, 0) is 227 Å². The number of alkyl halides is 1. The van der Waals surface area contributed by atoms with E-state index in [-0.39, 0.29) is 48.0 Å². The topological polar surface area (TPSA) is 19.6 Å². The normalized spacial score (nSPS) is 21.8. The van der Waals surface area contributed by atoms with Crippen LogP contribution < -0.4 is 26.2 Å². The van der Waals surface area contributed by atoms with E-state index >= 15 is 0 Å². The summed E-state index contributed by atoms with van der Waals surface area (Å²) in [5.41, 5.74) is 29.3. The second-order valence-corrected chi connectivity index (χ2v) is 32.5. The molecule has 0 amide bonds. The van der Waals surface area contributed by atoms with Gasteiger partial charge in [0.1, 0.15) is 5.58 Å². The molecule has 3 nitrogen and oxygen atoms in total. The minimum Gasteiger partial charge on any atom is -0.440 e. The molecule has 402 valence electrons. The first kappa shape index (κ1) is 51.6. The number of nitrogens with zero attached hydrogens (tertiary/aromatic N) is 2. The van der Waals surface area contributed by atoms with Crippen molar-refractivity contribution in [3.05, 3.63) is 171 Å². The lowest BCUT2D eigenvalue weighted by atomic mass is 9.33. The van der Waals surface area contributed by atoms with Crippen LogP contribution in [0.1, 0.15) is 199 Å². The van der Waals surface area contributed by atoms with E-state index in [1.54, 1.807) is 0 Å². The van der Waals surface area contributed by atoms with E-state index in [9.17, 15) is 0 Å². The zero-order valence-corrected chi connectivity index (χ0v) is 52.2. The summed E-state index contributed by atoms with van der Waals surface area (Å²) in [6.07, 6.45) is 6.94. The number of anilines is 6. The fourth-order valence-corrected chi connectivity index (χ4v) is 16.7. The molecule has 14 rings (SSSR count). The maximum absolute atomic E-state index is 7.73. The lowest BCUT2D eigenvalue weighted by molar-refractivity contribution is 0.332. The predicted molar refractivity (Wildman–Crippen MR) is 346 cm³/mol. The van der Waals surface area contributed by atoms with Crippen molar-refractivity contribution in [1.82, 2.24) is 0 Å². The number of benzene rings is 7. The summed E-state index contributed by atoms with van der Waals surface area (Å²) in [5, 5.41) is 1.25. The second-order valence-electron chi connectivity index (χ2n) is 30.3. The molecule has 79 heavy (non-hydrogen) atoms. The molecule has 7 aromatic carbocycles. The molecule has 0 spiro atoms. The zero-order chi connectivity index (χ0) is 55.7. The molecule has 5 heteroatoms. The van der Waals surface area contributed by atoms with Crippen molar-refractivity contribution in [2.45, 2.75) is 191 Å². The summed E-state index contributed by atoms with van der Waals surface area (Å²) < 4.78 is 7.61. The minimum absolute atomic E-state index is 0.00162. The number of furan rings is 1. The Morgan fingerprint density at radius 3 is 1.56 bits per heavy atom. The number of halogens is 1. The molecule has 6 aliphatic rings. The van der Waals surface area contributed by atoms with E-state index in [0.717, 1.165) is 49.3 Å². The summed E-state index contributed by atoms with van der Waals surface area (Å²) in [4.78, 5) is 5.27. The van der Waals surface area contributed by atoms with Gasteiger partial charge in [-0.15, -0.1) is 0 Å². The molecule has 0 saturated heterocycles. The van der Waals surface area contributed by atoms with Crippen molar-refractivity contribution >= 4 is 91.0 Å². The van der Waals surface area contributed by atoms with Gasteiger partial charge in [0, 0.05) is 39.3 Å². The maximum Gasteiger partial charge on any atom is 0.257 e. The van der Waals surface area contributed by atoms with Crippen molar-refractivity contribution in [3.8, 4) is 22.3 Å². The van der Waals surface area contributed by atoms with Crippen LogP contribution in [-0.2, 0) is 41.3 Å². The third-order valence-electron chi connectivity index (χ3n) is 21.3. The number of hydrogen-bond acceptors (Lipinski definition) is 3. The van der Waals surface area contributed by atoms with Crippen LogP contribution in [0.5, 0.6) is 0 Å². The number of fused-ring (bicyclic) bond motifs is 12. The molecule has 1 atom stereocenters. The Morgan fingerprint density at radius 2 is 0.937 bits per heavy atom. The Hall–Kier alpha value is -5.53. The summed E-state index contributed by atoms with van der Waals surface area (Å²) in [6.45, 7) is 39.0. The quantitative estimate of drug-likeness (QED) is 0.0999. The molecule has 0 N–H and O–H groups in total. The van der Waals surface area contributed by atoms with Crippen LogP contribution in [0.15, 0.2) is 126 Å². The highest BCUT2D eigenvalue weighted by atomic mass is 127. The third kappa shape index (κ3) is 7.41. The summed E-state index contributed by atoms with van der Waals surface area (Å²) in [7, 11) is 0. The van der Waals surface area contributed by atoms with Crippen molar-refractivity contribution in [1.29, 1.82) is 0 Å². The van der Waals surface area contributed by atoms with E-state index in [2.05, 4.69) is 264 Å². The Bertz CT molecular complexity index is 3940. The fourth-order valence-electron chi connectivity index (χ4n) is 15.8. The van der Waals surface area contributed by atoms with Gasteiger partial charge in [-0.1, -0.05) is 187 Å². The van der Waals surface area contributed by atoms with Gasteiger partial charge >= 0.3 is 0 Å². The van der Waals surface area contributed by atoms with E-state index in [1.807, 2.05) is 0 Å². The van der Waals surface area contributed by atoms with E-state index in [0.29, 0.717) is 0 Å². The van der Waals surface area contributed by atoms with Crippen molar-refractivity contribution in [3.63, 3.8) is 0 Å². The molecule has 8 aromatic rings. The molecule has 4 aliphatic carbocycles. The van der Waals surface area contributed by atoms with Crippen LogP contribution in [-0.4, -0.2) is 6.71 Å². The van der Waals surface area contributed by atoms with Crippen LogP contribution in [0.3, 0.4) is 0 Å². The maximum atomic E-state index is 7.73. The van der Waals surface area contributed by atoms with E-state index < -0.39 is 0 Å². The highest BCUT2D eigenvalue weighted by Gasteiger charge is 2.50. The fraction of sp³-hybridized carbons (Fsp3) is 0.405. The Labute approximate surface area is 486 Å². The predicted octanol–water partition coefficient (Wildman–Crippen LogP) is 19.2. The SMILES string of the molecule is CC(C)(C)c1ccc(N2c3cc(-c4ccc5c(c4)-c4ccccc4C5(C)I)cc4c3B(c3cc5c(cc3N4c3ccc4c(c3)C(C)(C)CCC4(C)C)C(C)(C)CCC5(C)C)c3c2oc2cc4c(cc32)C(C)(C)CCC4(C)C)cc1. The standard InChI is InChI=1S/C74H80BIN2O/c1-67(2,3)45-22-24-46(25-23-45)78-62-37-44(43-21-27-52-49(35-43)48-19-17-18-20-51(48)74(52,16)76)36-61-65(62)75(64-50-39-55-58(42-63(50)79-66(64)78)73(14,15)34-31-70(55,8)9)59-40-56-57(72(12,13)33-32-71(56,10)11)41-60(59)77(61)47-26-28-53-54(38-47)69(6,7)30-29-68(53,4)5/h17-28,35-42H,29-34H2,1-16H3. The molecule has 1 unspecified atom stereocenters. The average molecular weight is 1150 g/mol. The first-order valence-corrected chi connectivity index (χ1v) is 30.8. The monoisotopic (exact) mass is 1150 g/mol. The molecule has 1 aromatic heterocycles. The molecule has 2 aliphatic heterocycles. The van der Waals surface area contributed by atoms with Gasteiger partial charge in [-0.2, -0.15) is 0 Å². The van der Waals surface area contributed by atoms with Gasteiger partial charge in [-0.25, -0.2) is 0 Å². The molecular weight excluding hydrogens is 1070 g/mol. The second kappa shape index (κ2) is 16.4. The van der Waals surface area contributed by atoms with Gasteiger partial charge in [-0.3, -0.25) is 4.90 Å². The summed E-state index contributed by atoms with van der Waals surface area (Å²) >= 11 is 2.69. The Balaban J connectivity index is 1.14. The van der Waals surface area contributed by atoms with Crippen LogP contribution in [0.2, 0.25) is 0 Å². The molecular formula is C74H80BIN2O. The van der Waals surface area contributed by atoms with Crippen molar-refractivity contribution < 1.29 is 4.42 Å². The van der Waals surface area contributed by atoms with Gasteiger partial charge < -0.3 is 9.32 Å². The van der Waals surface area contributed by atoms with E-state index in [4.69, 9.17) is 4.42 Å². The van der Waals surface area contributed by atoms with Crippen LogP contribution >= 0.6 is 22.6 Å². The van der Waals surface area contributed by atoms with Crippen molar-refractivity contribution in [2.24, 2.45) is 0 Å². The summed E-state index contributed by atoms with van der Waals surface area (Å²) in [5.74, 6) is 0.940. The number of rotatable bonds is 3. The number of hydrogen-bond donors (Lipinski definition) is 0. The summed E-state index contributed by atoms with van der Waals surface area (Å²) in [6, 6.07) is 49.0. The Morgan fingerprint density at radius 1 is 0.430 bits per heavy atom. The van der Waals surface area contributed by atoms with Gasteiger partial charge in [0.15, 0.2) is 0 Å². The van der Waals surface area contributed by atoms with Crippen molar-refractivity contribution in [2.75, 3.05) is 9.80 Å². The largest absolute Gasteiger partial charge is 0.440 e. The smallest absolute Gasteiger partial charge is 0.257 e. The molecule has 3 heterocycles. The highest BCUT2D eigenvalue weighted by molar-refractivity contribution is 14.1. The lowest BCUT2D eigenvalue weighted by Gasteiger charge is -2.47. The average Bonchev–Trinajstić information content (AvgIpc) is 3.81. The van der Waals surface area contributed by atoms with Crippen LogP contribution in [0, 0.1) is 0 Å². The van der Waals surface area contributed by atoms with Crippen LogP contribution in [0.25, 0.3) is 33.2 Å².